The highest BCUT2D eigenvalue weighted by Crippen LogP contribution is 2.36. The van der Waals surface area contributed by atoms with Gasteiger partial charge in [-0.15, -0.1) is 11.3 Å². The number of primary amides is 1. The molecule has 0 unspecified atom stereocenters. The average Bonchev–Trinajstić information content (AvgIpc) is 3.08. The Kier molecular flexibility index (Phi) is 4.82. The van der Waals surface area contributed by atoms with Crippen LogP contribution >= 0.6 is 11.3 Å². The van der Waals surface area contributed by atoms with E-state index in [-0.39, 0.29) is 23.5 Å². The monoisotopic (exact) mass is 349 g/mol. The zero-order chi connectivity index (χ0) is 17.2. The summed E-state index contributed by atoms with van der Waals surface area (Å²) >= 11 is 1.39. The van der Waals surface area contributed by atoms with Gasteiger partial charge in [-0.1, -0.05) is 12.1 Å². The van der Waals surface area contributed by atoms with Crippen LogP contribution in [-0.4, -0.2) is 35.7 Å². The molecular formula is C17H20FN3O2S. The van der Waals surface area contributed by atoms with Gasteiger partial charge >= 0.3 is 0 Å². The minimum Gasteiger partial charge on any atom is -0.396 e. The van der Waals surface area contributed by atoms with Crippen LogP contribution in [0.25, 0.3) is 0 Å². The third kappa shape index (κ3) is 3.57. The zero-order valence-electron chi connectivity index (χ0n) is 13.2. The Morgan fingerprint density at radius 1 is 1.42 bits per heavy atom. The number of hydrogen-bond acceptors (Lipinski definition) is 5. The Morgan fingerprint density at radius 3 is 2.79 bits per heavy atom. The molecule has 1 atom stereocenters. The number of amides is 1. The van der Waals surface area contributed by atoms with E-state index in [1.807, 2.05) is 0 Å². The predicted octanol–water partition coefficient (Wildman–Crippen LogP) is 2.20. The van der Waals surface area contributed by atoms with Gasteiger partial charge in [-0.05, 0) is 37.0 Å². The second-order valence-electron chi connectivity index (χ2n) is 6.37. The van der Waals surface area contributed by atoms with Crippen molar-refractivity contribution in [1.82, 2.24) is 4.98 Å². The number of anilines is 1. The Hall–Kier alpha value is -1.99. The maximum absolute atomic E-state index is 13.1. The highest BCUT2D eigenvalue weighted by atomic mass is 32.1. The van der Waals surface area contributed by atoms with Crippen molar-refractivity contribution in [2.75, 3.05) is 24.6 Å². The number of rotatable bonds is 5. The van der Waals surface area contributed by atoms with Crippen molar-refractivity contribution in [3.05, 3.63) is 46.7 Å². The van der Waals surface area contributed by atoms with E-state index >= 15 is 0 Å². The number of aliphatic hydroxyl groups excluding tert-OH is 1. The first-order valence-electron chi connectivity index (χ1n) is 7.87. The van der Waals surface area contributed by atoms with Gasteiger partial charge in [0.2, 0.25) is 0 Å². The van der Waals surface area contributed by atoms with Crippen LogP contribution in [0.2, 0.25) is 0 Å². The van der Waals surface area contributed by atoms with Crippen molar-refractivity contribution >= 4 is 22.4 Å². The van der Waals surface area contributed by atoms with Crippen molar-refractivity contribution in [1.29, 1.82) is 0 Å². The molecule has 1 fully saturated rings. The van der Waals surface area contributed by atoms with E-state index in [1.54, 1.807) is 17.5 Å². The lowest BCUT2D eigenvalue weighted by Crippen LogP contribution is -2.46. The highest BCUT2D eigenvalue weighted by Gasteiger charge is 2.36. The molecule has 1 saturated heterocycles. The van der Waals surface area contributed by atoms with E-state index < -0.39 is 5.91 Å². The number of nitrogens with two attached hydrogens (primary N) is 1. The summed E-state index contributed by atoms with van der Waals surface area (Å²) in [7, 11) is 0. The lowest BCUT2D eigenvalue weighted by Gasteiger charge is -2.42. The van der Waals surface area contributed by atoms with Crippen LogP contribution < -0.4 is 10.6 Å². The molecule has 1 aromatic carbocycles. The molecule has 128 valence electrons. The fourth-order valence-electron chi connectivity index (χ4n) is 3.26. The maximum Gasteiger partial charge on any atom is 0.268 e. The Morgan fingerprint density at radius 2 is 2.17 bits per heavy atom. The quantitative estimate of drug-likeness (QED) is 0.867. The summed E-state index contributed by atoms with van der Waals surface area (Å²) in [6, 6.07) is 6.42. The topological polar surface area (TPSA) is 79.5 Å². The molecule has 3 rings (SSSR count). The molecule has 1 amide bonds. The van der Waals surface area contributed by atoms with E-state index in [2.05, 4.69) is 9.88 Å². The van der Waals surface area contributed by atoms with Crippen LogP contribution in [0.5, 0.6) is 0 Å². The number of aromatic nitrogens is 1. The maximum atomic E-state index is 13.1. The number of aliphatic hydroxyl groups is 1. The van der Waals surface area contributed by atoms with Crippen LogP contribution in [0, 0.1) is 11.2 Å². The van der Waals surface area contributed by atoms with Gasteiger partial charge in [0.25, 0.3) is 5.91 Å². The fraction of sp³-hybridized carbons (Fsp3) is 0.412. The van der Waals surface area contributed by atoms with Crippen molar-refractivity contribution < 1.29 is 14.3 Å². The van der Waals surface area contributed by atoms with Crippen molar-refractivity contribution in [3.63, 3.8) is 0 Å². The molecule has 3 N–H and O–H groups in total. The first-order valence-corrected chi connectivity index (χ1v) is 8.75. The van der Waals surface area contributed by atoms with Gasteiger partial charge in [0.15, 0.2) is 5.13 Å². The van der Waals surface area contributed by atoms with Crippen LogP contribution in [0.4, 0.5) is 9.52 Å². The average molecular weight is 349 g/mol. The Balaban J connectivity index is 1.78. The van der Waals surface area contributed by atoms with Crippen molar-refractivity contribution in [2.24, 2.45) is 11.1 Å². The first-order chi connectivity index (χ1) is 11.5. The summed E-state index contributed by atoms with van der Waals surface area (Å²) in [5.41, 5.74) is 6.25. The van der Waals surface area contributed by atoms with Gasteiger partial charge in [0, 0.05) is 23.9 Å². The fourth-order valence-corrected chi connectivity index (χ4v) is 4.10. The van der Waals surface area contributed by atoms with E-state index in [1.165, 1.54) is 23.5 Å². The number of carbonyl (C=O) groups is 1. The number of benzene rings is 1. The van der Waals surface area contributed by atoms with Crippen molar-refractivity contribution in [2.45, 2.75) is 19.3 Å². The zero-order valence-corrected chi connectivity index (χ0v) is 14.1. The molecule has 0 aliphatic carbocycles. The lowest BCUT2D eigenvalue weighted by atomic mass is 9.76. The van der Waals surface area contributed by atoms with E-state index in [0.29, 0.717) is 13.0 Å². The summed E-state index contributed by atoms with van der Waals surface area (Å²) in [6.07, 6.45) is 2.49. The van der Waals surface area contributed by atoms with Crippen molar-refractivity contribution in [3.8, 4) is 0 Å². The number of thiazole rings is 1. The van der Waals surface area contributed by atoms with Gasteiger partial charge in [-0.25, -0.2) is 9.37 Å². The second-order valence-corrected chi connectivity index (χ2v) is 7.20. The smallest absolute Gasteiger partial charge is 0.268 e. The molecule has 2 heterocycles. The number of halogens is 1. The van der Waals surface area contributed by atoms with Crippen LogP contribution in [0.1, 0.15) is 28.9 Å². The van der Waals surface area contributed by atoms with Crippen LogP contribution in [-0.2, 0) is 6.42 Å². The van der Waals surface area contributed by atoms with Gasteiger partial charge in [-0.2, -0.15) is 0 Å². The first kappa shape index (κ1) is 16.9. The Bertz CT molecular complexity index is 719. The van der Waals surface area contributed by atoms with Crippen LogP contribution in [0.3, 0.4) is 0 Å². The third-order valence-electron chi connectivity index (χ3n) is 4.50. The van der Waals surface area contributed by atoms with Gasteiger partial charge in [-0.3, -0.25) is 4.79 Å². The van der Waals surface area contributed by atoms with Crippen LogP contribution in [0.15, 0.2) is 29.6 Å². The normalized spacial score (nSPS) is 21.0. The van der Waals surface area contributed by atoms with Gasteiger partial charge < -0.3 is 15.7 Å². The molecule has 0 bridgehead atoms. The Labute approximate surface area is 143 Å². The number of nitrogens with zero attached hydrogens (tertiary/aromatic N) is 2. The molecule has 1 aliphatic heterocycles. The standard InChI is InChI=1S/C17H20FN3O2S/c18-13-4-2-12(3-5-13)8-17(11-22)6-1-7-21(10-17)16-20-14(9-24-16)15(19)23/h2-5,9,22H,1,6-8,10-11H2,(H2,19,23)/t17-/m0/s1. The summed E-state index contributed by atoms with van der Waals surface area (Å²) < 4.78 is 13.1. The molecule has 2 aromatic rings. The molecule has 7 heteroatoms. The SMILES string of the molecule is NC(=O)c1csc(N2CCC[C@](CO)(Cc3ccc(F)cc3)C2)n1. The number of piperidine rings is 1. The minimum absolute atomic E-state index is 0.0505. The minimum atomic E-state index is -0.533. The van der Waals surface area contributed by atoms with E-state index in [9.17, 15) is 14.3 Å². The second kappa shape index (κ2) is 6.86. The largest absolute Gasteiger partial charge is 0.396 e. The van der Waals surface area contributed by atoms with E-state index in [4.69, 9.17) is 5.73 Å². The lowest BCUT2D eigenvalue weighted by molar-refractivity contribution is 0.0995. The van der Waals surface area contributed by atoms with E-state index in [0.717, 1.165) is 30.1 Å². The number of hydrogen-bond donors (Lipinski definition) is 2. The molecule has 5 nitrogen and oxygen atoms in total. The summed E-state index contributed by atoms with van der Waals surface area (Å²) in [5.74, 6) is -0.793. The highest BCUT2D eigenvalue weighted by molar-refractivity contribution is 7.13. The predicted molar refractivity (Wildman–Crippen MR) is 91.7 cm³/mol. The summed E-state index contributed by atoms with van der Waals surface area (Å²) in [4.78, 5) is 17.6. The third-order valence-corrected chi connectivity index (χ3v) is 5.41. The molecule has 1 aromatic heterocycles. The molecule has 1 aliphatic rings. The molecule has 0 saturated carbocycles. The summed E-state index contributed by atoms with van der Waals surface area (Å²) in [6.45, 7) is 1.53. The van der Waals surface area contributed by atoms with Gasteiger partial charge in [0.1, 0.15) is 11.5 Å². The molecular weight excluding hydrogens is 329 g/mol. The summed E-state index contributed by atoms with van der Waals surface area (Å²) in [5, 5.41) is 12.4. The molecule has 0 radical (unpaired) electrons. The van der Waals surface area contributed by atoms with Gasteiger partial charge in [0.05, 0.1) is 6.61 Å². The number of carbonyl (C=O) groups excluding carboxylic acids is 1. The molecule has 0 spiro atoms. The molecule has 24 heavy (non-hydrogen) atoms.